The molecule has 0 aromatic rings. The number of halogens is 1. The topological polar surface area (TPSA) is 64.6 Å². The SMILES string of the molecule is COCCCNC(=O)C1C2CC3C(OC(=O)C31)C2Br. The number of methoxy groups -OCH3 is 1. The maximum atomic E-state index is 12.3. The molecule has 3 aliphatic rings. The maximum Gasteiger partial charge on any atom is 0.310 e. The third-order valence-corrected chi connectivity index (χ3v) is 5.85. The number of alkyl halides is 1. The molecule has 1 amide bonds. The van der Waals surface area contributed by atoms with Gasteiger partial charge in [-0.05, 0) is 18.8 Å². The summed E-state index contributed by atoms with van der Waals surface area (Å²) in [6, 6.07) is 0. The first-order chi connectivity index (χ1) is 9.15. The van der Waals surface area contributed by atoms with Crippen molar-refractivity contribution in [2.45, 2.75) is 23.8 Å². The first kappa shape index (κ1) is 13.4. The summed E-state index contributed by atoms with van der Waals surface area (Å²) in [5.74, 6) is -0.160. The molecule has 0 spiro atoms. The van der Waals surface area contributed by atoms with Crippen molar-refractivity contribution in [2.24, 2.45) is 23.7 Å². The van der Waals surface area contributed by atoms with Crippen molar-refractivity contribution in [2.75, 3.05) is 20.3 Å². The van der Waals surface area contributed by atoms with Gasteiger partial charge in [-0.15, -0.1) is 0 Å². The Morgan fingerprint density at radius 2 is 2.32 bits per heavy atom. The Labute approximate surface area is 120 Å². The number of fused-ring (bicyclic) bond motifs is 1. The molecule has 106 valence electrons. The predicted octanol–water partition coefficient (Wildman–Crippen LogP) is 0.710. The fraction of sp³-hybridized carbons (Fsp3) is 0.846. The van der Waals surface area contributed by atoms with Gasteiger partial charge in [0.25, 0.3) is 0 Å². The summed E-state index contributed by atoms with van der Waals surface area (Å²) in [6.45, 7) is 1.23. The predicted molar refractivity (Wildman–Crippen MR) is 70.7 cm³/mol. The van der Waals surface area contributed by atoms with E-state index in [4.69, 9.17) is 9.47 Å². The molecule has 2 aliphatic carbocycles. The number of hydrogen-bond donors (Lipinski definition) is 1. The van der Waals surface area contributed by atoms with Gasteiger partial charge >= 0.3 is 5.97 Å². The van der Waals surface area contributed by atoms with Gasteiger partial charge in [0, 0.05) is 26.2 Å². The number of esters is 1. The molecule has 5 nitrogen and oxygen atoms in total. The van der Waals surface area contributed by atoms with Crippen LogP contribution in [0.5, 0.6) is 0 Å². The van der Waals surface area contributed by atoms with Gasteiger partial charge in [-0.25, -0.2) is 0 Å². The second-order valence-corrected chi connectivity index (χ2v) is 6.66. The molecule has 6 atom stereocenters. The Kier molecular flexibility index (Phi) is 3.55. The van der Waals surface area contributed by atoms with Gasteiger partial charge in [0.05, 0.1) is 16.7 Å². The van der Waals surface area contributed by atoms with Gasteiger partial charge in [0.1, 0.15) is 6.10 Å². The molecular formula is C13H18BrNO4. The van der Waals surface area contributed by atoms with E-state index in [2.05, 4.69) is 21.2 Å². The van der Waals surface area contributed by atoms with E-state index in [0.29, 0.717) is 13.2 Å². The molecule has 2 saturated carbocycles. The molecule has 1 N–H and O–H groups in total. The van der Waals surface area contributed by atoms with Gasteiger partial charge in [-0.1, -0.05) is 15.9 Å². The zero-order valence-corrected chi connectivity index (χ0v) is 12.4. The van der Waals surface area contributed by atoms with E-state index in [1.54, 1.807) is 7.11 Å². The Hall–Kier alpha value is -0.620. The van der Waals surface area contributed by atoms with Crippen LogP contribution in [0.15, 0.2) is 0 Å². The standard InChI is InChI=1S/C13H18BrNO4/c1-18-4-2-3-15-12(16)8-6-5-7-9(8)13(17)19-11(7)10(6)14/h6-11H,2-5H2,1H3,(H,15,16). The highest BCUT2D eigenvalue weighted by Crippen LogP contribution is 2.59. The normalized spacial score (nSPS) is 42.5. The minimum Gasteiger partial charge on any atom is -0.461 e. The molecule has 0 aromatic heterocycles. The summed E-state index contributed by atoms with van der Waals surface area (Å²) in [5.41, 5.74) is 0. The van der Waals surface area contributed by atoms with E-state index in [9.17, 15) is 9.59 Å². The molecule has 1 aliphatic heterocycles. The van der Waals surface area contributed by atoms with E-state index >= 15 is 0 Å². The smallest absolute Gasteiger partial charge is 0.310 e. The van der Waals surface area contributed by atoms with Crippen LogP contribution in [-0.4, -0.2) is 43.1 Å². The summed E-state index contributed by atoms with van der Waals surface area (Å²) in [5, 5.41) is 2.92. The zero-order chi connectivity index (χ0) is 13.6. The fourth-order valence-corrected chi connectivity index (χ4v) is 4.92. The third-order valence-electron chi connectivity index (χ3n) is 4.65. The van der Waals surface area contributed by atoms with Crippen LogP contribution in [0.4, 0.5) is 0 Å². The van der Waals surface area contributed by atoms with E-state index < -0.39 is 0 Å². The molecule has 2 bridgehead atoms. The van der Waals surface area contributed by atoms with Crippen molar-refractivity contribution >= 4 is 27.8 Å². The van der Waals surface area contributed by atoms with Crippen LogP contribution in [0.3, 0.4) is 0 Å². The Balaban J connectivity index is 1.65. The van der Waals surface area contributed by atoms with Gasteiger partial charge in [0.2, 0.25) is 5.91 Å². The summed E-state index contributed by atoms with van der Waals surface area (Å²) >= 11 is 3.60. The molecule has 1 heterocycles. The van der Waals surface area contributed by atoms with Crippen molar-refractivity contribution in [1.82, 2.24) is 5.32 Å². The van der Waals surface area contributed by atoms with E-state index in [1.807, 2.05) is 0 Å². The molecule has 6 unspecified atom stereocenters. The minimum atomic E-state index is -0.219. The van der Waals surface area contributed by atoms with Crippen molar-refractivity contribution < 1.29 is 19.1 Å². The fourth-order valence-electron chi connectivity index (χ4n) is 3.88. The van der Waals surface area contributed by atoms with Gasteiger partial charge in [-0.3, -0.25) is 9.59 Å². The first-order valence-electron chi connectivity index (χ1n) is 6.76. The first-order valence-corrected chi connectivity index (χ1v) is 7.68. The number of nitrogens with one attached hydrogen (secondary N) is 1. The van der Waals surface area contributed by atoms with Crippen LogP contribution < -0.4 is 5.32 Å². The van der Waals surface area contributed by atoms with E-state index in [1.165, 1.54) is 0 Å². The summed E-state index contributed by atoms with van der Waals surface area (Å²) in [6.07, 6.45) is 1.70. The number of amides is 1. The molecule has 6 heteroatoms. The molecule has 0 radical (unpaired) electrons. The van der Waals surface area contributed by atoms with Gasteiger partial charge < -0.3 is 14.8 Å². The van der Waals surface area contributed by atoms with E-state index in [-0.39, 0.29) is 46.5 Å². The average molecular weight is 332 g/mol. The van der Waals surface area contributed by atoms with Crippen molar-refractivity contribution in [3.63, 3.8) is 0 Å². The minimum absolute atomic E-state index is 0.00430. The number of carbonyl (C=O) groups excluding carboxylic acids is 2. The molecule has 0 aromatic carbocycles. The Bertz CT molecular complexity index is 402. The van der Waals surface area contributed by atoms with Crippen molar-refractivity contribution in [1.29, 1.82) is 0 Å². The summed E-state index contributed by atoms with van der Waals surface area (Å²) in [4.78, 5) is 24.3. The lowest BCUT2D eigenvalue weighted by Crippen LogP contribution is -2.43. The number of hydrogen-bond acceptors (Lipinski definition) is 4. The lowest BCUT2D eigenvalue weighted by atomic mass is 9.79. The van der Waals surface area contributed by atoms with Crippen LogP contribution in [0.2, 0.25) is 0 Å². The zero-order valence-electron chi connectivity index (χ0n) is 10.8. The molecule has 19 heavy (non-hydrogen) atoms. The van der Waals surface area contributed by atoms with E-state index in [0.717, 1.165) is 12.8 Å². The molecule has 1 saturated heterocycles. The van der Waals surface area contributed by atoms with Crippen molar-refractivity contribution in [3.05, 3.63) is 0 Å². The third kappa shape index (κ3) is 2.00. The molecular weight excluding hydrogens is 314 g/mol. The van der Waals surface area contributed by atoms with Gasteiger partial charge in [-0.2, -0.15) is 0 Å². The molecule has 3 rings (SSSR count). The van der Waals surface area contributed by atoms with Crippen LogP contribution >= 0.6 is 15.9 Å². The number of ether oxygens (including phenoxy) is 2. The molecule has 3 fully saturated rings. The monoisotopic (exact) mass is 331 g/mol. The Morgan fingerprint density at radius 3 is 3.05 bits per heavy atom. The van der Waals surface area contributed by atoms with Crippen LogP contribution in [0.25, 0.3) is 0 Å². The highest BCUT2D eigenvalue weighted by atomic mass is 79.9. The lowest BCUT2D eigenvalue weighted by molar-refractivity contribution is -0.145. The van der Waals surface area contributed by atoms with Crippen LogP contribution in [0.1, 0.15) is 12.8 Å². The second kappa shape index (κ2) is 5.05. The maximum absolute atomic E-state index is 12.3. The lowest BCUT2D eigenvalue weighted by Gasteiger charge is -2.27. The van der Waals surface area contributed by atoms with Gasteiger partial charge in [0.15, 0.2) is 0 Å². The number of rotatable bonds is 5. The largest absolute Gasteiger partial charge is 0.461 e. The van der Waals surface area contributed by atoms with Crippen molar-refractivity contribution in [3.8, 4) is 0 Å². The van der Waals surface area contributed by atoms with Crippen LogP contribution in [0, 0.1) is 23.7 Å². The average Bonchev–Trinajstić information content (AvgIpc) is 2.98. The summed E-state index contributed by atoms with van der Waals surface area (Å²) < 4.78 is 10.3. The quantitative estimate of drug-likeness (QED) is 0.458. The second-order valence-electron chi connectivity index (χ2n) is 5.60. The summed E-state index contributed by atoms with van der Waals surface area (Å²) in [7, 11) is 1.64. The highest BCUT2D eigenvalue weighted by Gasteiger charge is 2.67. The number of carbonyl (C=O) groups is 2. The Morgan fingerprint density at radius 1 is 1.53 bits per heavy atom. The highest BCUT2D eigenvalue weighted by molar-refractivity contribution is 9.09. The van der Waals surface area contributed by atoms with Crippen LogP contribution in [-0.2, 0) is 19.1 Å².